The fraction of sp³-hybridized carbons (Fsp3) is 0.765. The van der Waals surface area contributed by atoms with Gasteiger partial charge in [-0.15, -0.1) is 0 Å². The number of rotatable bonds is 7. The molecule has 0 aliphatic carbocycles. The molecular formula is C17H30N2O2. The molecule has 2 heterocycles. The summed E-state index contributed by atoms with van der Waals surface area (Å²) in [6.45, 7) is 12.3. The Labute approximate surface area is 128 Å². The first kappa shape index (κ1) is 16.5. The summed E-state index contributed by atoms with van der Waals surface area (Å²) in [7, 11) is 2.18. The Morgan fingerprint density at radius 3 is 2.81 bits per heavy atom. The maximum atomic E-state index is 5.87. The molecule has 0 amide bonds. The van der Waals surface area contributed by atoms with E-state index in [-0.39, 0.29) is 0 Å². The SMILES string of the molecule is Cc1oc(CNCC(C)C)cc1CN(C)C1CCOC1C. The van der Waals surface area contributed by atoms with E-state index >= 15 is 0 Å². The van der Waals surface area contributed by atoms with E-state index in [0.29, 0.717) is 18.1 Å². The fourth-order valence-electron chi connectivity index (χ4n) is 3.00. The first-order valence-electron chi connectivity index (χ1n) is 8.08. The average Bonchev–Trinajstić information content (AvgIpc) is 2.96. The monoisotopic (exact) mass is 294 g/mol. The number of aryl methyl sites for hydroxylation is 1. The van der Waals surface area contributed by atoms with E-state index in [2.05, 4.69) is 51.0 Å². The molecule has 1 aliphatic heterocycles. The Kier molecular flexibility index (Phi) is 5.85. The van der Waals surface area contributed by atoms with Crippen LogP contribution in [-0.2, 0) is 17.8 Å². The summed E-state index contributed by atoms with van der Waals surface area (Å²) in [5, 5.41) is 3.43. The van der Waals surface area contributed by atoms with Gasteiger partial charge < -0.3 is 14.5 Å². The van der Waals surface area contributed by atoms with Crippen LogP contribution >= 0.6 is 0 Å². The molecule has 0 bridgehead atoms. The molecule has 1 aromatic rings. The van der Waals surface area contributed by atoms with Gasteiger partial charge in [-0.1, -0.05) is 13.8 Å². The molecule has 1 aliphatic rings. The molecule has 21 heavy (non-hydrogen) atoms. The van der Waals surface area contributed by atoms with Crippen LogP contribution in [0.4, 0.5) is 0 Å². The van der Waals surface area contributed by atoms with Crippen molar-refractivity contribution in [1.29, 1.82) is 0 Å². The molecule has 4 nitrogen and oxygen atoms in total. The molecule has 0 radical (unpaired) electrons. The summed E-state index contributed by atoms with van der Waals surface area (Å²) < 4.78 is 11.5. The van der Waals surface area contributed by atoms with Gasteiger partial charge >= 0.3 is 0 Å². The Morgan fingerprint density at radius 1 is 1.43 bits per heavy atom. The molecule has 1 N–H and O–H groups in total. The molecule has 0 saturated carbocycles. The predicted octanol–water partition coefficient (Wildman–Crippen LogP) is 2.94. The van der Waals surface area contributed by atoms with Crippen LogP contribution in [0, 0.1) is 12.8 Å². The Bertz CT molecular complexity index is 442. The Hall–Kier alpha value is -0.840. The van der Waals surface area contributed by atoms with Crippen molar-refractivity contribution in [3.63, 3.8) is 0 Å². The molecule has 2 atom stereocenters. The van der Waals surface area contributed by atoms with Gasteiger partial charge in [-0.2, -0.15) is 0 Å². The van der Waals surface area contributed by atoms with Crippen molar-refractivity contribution in [2.75, 3.05) is 20.2 Å². The lowest BCUT2D eigenvalue weighted by Gasteiger charge is -2.26. The molecule has 1 saturated heterocycles. The third-order valence-electron chi connectivity index (χ3n) is 4.25. The Balaban J connectivity index is 1.89. The van der Waals surface area contributed by atoms with Crippen molar-refractivity contribution in [2.45, 2.75) is 59.4 Å². The topological polar surface area (TPSA) is 37.6 Å². The predicted molar refractivity (Wildman–Crippen MR) is 85.3 cm³/mol. The Morgan fingerprint density at radius 2 is 2.19 bits per heavy atom. The standard InChI is InChI=1S/C17H30N2O2/c1-12(2)9-18-10-16-8-15(13(3)21-16)11-19(5)17-6-7-20-14(17)4/h8,12,14,17-18H,6-7,9-11H2,1-5H3. The smallest absolute Gasteiger partial charge is 0.118 e. The number of nitrogens with one attached hydrogen (secondary N) is 1. The summed E-state index contributed by atoms with van der Waals surface area (Å²) in [5.74, 6) is 2.73. The van der Waals surface area contributed by atoms with Crippen molar-refractivity contribution in [1.82, 2.24) is 10.2 Å². The van der Waals surface area contributed by atoms with Gasteiger partial charge in [0.05, 0.1) is 12.6 Å². The van der Waals surface area contributed by atoms with Gasteiger partial charge in [0, 0.05) is 24.8 Å². The van der Waals surface area contributed by atoms with Crippen LogP contribution in [0.25, 0.3) is 0 Å². The van der Waals surface area contributed by atoms with Gasteiger partial charge in [-0.25, -0.2) is 0 Å². The van der Waals surface area contributed by atoms with Gasteiger partial charge in [-0.05, 0) is 45.8 Å². The molecule has 1 aromatic heterocycles. The summed E-state index contributed by atoms with van der Waals surface area (Å²) in [6, 6.07) is 2.71. The number of hydrogen-bond acceptors (Lipinski definition) is 4. The fourth-order valence-corrected chi connectivity index (χ4v) is 3.00. The van der Waals surface area contributed by atoms with Gasteiger partial charge in [0.1, 0.15) is 11.5 Å². The zero-order valence-electron chi connectivity index (χ0n) is 14.1. The number of hydrogen-bond donors (Lipinski definition) is 1. The third kappa shape index (κ3) is 4.56. The maximum absolute atomic E-state index is 5.87. The van der Waals surface area contributed by atoms with E-state index in [9.17, 15) is 0 Å². The van der Waals surface area contributed by atoms with Crippen molar-refractivity contribution in [3.05, 3.63) is 23.2 Å². The van der Waals surface area contributed by atoms with E-state index in [4.69, 9.17) is 9.15 Å². The molecule has 2 rings (SSSR count). The number of nitrogens with zero attached hydrogens (tertiary/aromatic N) is 1. The van der Waals surface area contributed by atoms with E-state index < -0.39 is 0 Å². The highest BCUT2D eigenvalue weighted by Gasteiger charge is 2.28. The van der Waals surface area contributed by atoms with Crippen LogP contribution in [0.1, 0.15) is 44.3 Å². The third-order valence-corrected chi connectivity index (χ3v) is 4.25. The number of likely N-dealkylation sites (N-methyl/N-ethyl adjacent to an activating group) is 1. The lowest BCUT2D eigenvalue weighted by atomic mass is 10.1. The molecule has 120 valence electrons. The minimum atomic E-state index is 0.328. The van der Waals surface area contributed by atoms with E-state index in [0.717, 1.165) is 44.2 Å². The molecule has 0 aromatic carbocycles. The second-order valence-corrected chi connectivity index (χ2v) is 6.67. The van der Waals surface area contributed by atoms with E-state index in [1.807, 2.05) is 0 Å². The van der Waals surface area contributed by atoms with Crippen LogP contribution in [0.2, 0.25) is 0 Å². The summed E-state index contributed by atoms with van der Waals surface area (Å²) >= 11 is 0. The molecule has 2 unspecified atom stereocenters. The number of furan rings is 1. The molecular weight excluding hydrogens is 264 g/mol. The minimum absolute atomic E-state index is 0.328. The molecule has 0 spiro atoms. The quantitative estimate of drug-likeness (QED) is 0.839. The zero-order valence-corrected chi connectivity index (χ0v) is 14.1. The lowest BCUT2D eigenvalue weighted by molar-refractivity contribution is 0.0813. The van der Waals surface area contributed by atoms with Crippen LogP contribution in [0.3, 0.4) is 0 Å². The average molecular weight is 294 g/mol. The van der Waals surface area contributed by atoms with Crippen LogP contribution in [0.15, 0.2) is 10.5 Å². The first-order valence-corrected chi connectivity index (χ1v) is 8.08. The van der Waals surface area contributed by atoms with E-state index in [1.165, 1.54) is 5.56 Å². The van der Waals surface area contributed by atoms with E-state index in [1.54, 1.807) is 0 Å². The summed E-state index contributed by atoms with van der Waals surface area (Å²) in [4.78, 5) is 2.39. The van der Waals surface area contributed by atoms with Crippen LogP contribution in [-0.4, -0.2) is 37.2 Å². The van der Waals surface area contributed by atoms with Gasteiger partial charge in [0.2, 0.25) is 0 Å². The second kappa shape index (κ2) is 7.43. The van der Waals surface area contributed by atoms with Crippen molar-refractivity contribution >= 4 is 0 Å². The van der Waals surface area contributed by atoms with Crippen molar-refractivity contribution < 1.29 is 9.15 Å². The minimum Gasteiger partial charge on any atom is -0.465 e. The summed E-state index contributed by atoms with van der Waals surface area (Å²) in [6.07, 6.45) is 1.45. The maximum Gasteiger partial charge on any atom is 0.118 e. The first-order chi connectivity index (χ1) is 9.97. The molecule has 4 heteroatoms. The number of ether oxygens (including phenoxy) is 1. The highest BCUT2D eigenvalue weighted by Crippen LogP contribution is 2.22. The zero-order chi connectivity index (χ0) is 15.4. The van der Waals surface area contributed by atoms with Gasteiger partial charge in [-0.3, -0.25) is 4.90 Å². The molecule has 1 fully saturated rings. The lowest BCUT2D eigenvalue weighted by Crippen LogP contribution is -2.36. The second-order valence-electron chi connectivity index (χ2n) is 6.67. The van der Waals surface area contributed by atoms with Crippen molar-refractivity contribution in [3.8, 4) is 0 Å². The van der Waals surface area contributed by atoms with Crippen molar-refractivity contribution in [2.24, 2.45) is 5.92 Å². The largest absolute Gasteiger partial charge is 0.465 e. The highest BCUT2D eigenvalue weighted by molar-refractivity contribution is 5.21. The normalized spacial score (nSPS) is 22.6. The summed E-state index contributed by atoms with van der Waals surface area (Å²) in [5.41, 5.74) is 1.29. The highest BCUT2D eigenvalue weighted by atomic mass is 16.5. The van der Waals surface area contributed by atoms with Crippen LogP contribution < -0.4 is 5.32 Å². The van der Waals surface area contributed by atoms with Crippen LogP contribution in [0.5, 0.6) is 0 Å². The van der Waals surface area contributed by atoms with Gasteiger partial charge in [0.25, 0.3) is 0 Å². The van der Waals surface area contributed by atoms with Gasteiger partial charge in [0.15, 0.2) is 0 Å².